The van der Waals surface area contributed by atoms with Crippen LogP contribution in [0.5, 0.6) is 0 Å². The number of hydrogen-bond donors (Lipinski definition) is 0. The Morgan fingerprint density at radius 1 is 1.00 bits per heavy atom. The van der Waals surface area contributed by atoms with Gasteiger partial charge in [0.2, 0.25) is 0 Å². The Morgan fingerprint density at radius 2 is 1.69 bits per heavy atom. The van der Waals surface area contributed by atoms with E-state index in [4.69, 9.17) is 5.26 Å². The molecule has 4 nitrogen and oxygen atoms in total. The first-order valence-electron chi connectivity index (χ1n) is 13.1. The van der Waals surface area contributed by atoms with E-state index in [9.17, 15) is 0 Å². The summed E-state index contributed by atoms with van der Waals surface area (Å²) in [6, 6.07) is 15.0. The van der Waals surface area contributed by atoms with E-state index in [2.05, 4.69) is 72.8 Å². The summed E-state index contributed by atoms with van der Waals surface area (Å²) in [5, 5.41) is 18.1. The van der Waals surface area contributed by atoms with Gasteiger partial charge >= 0.3 is 0 Å². The first-order valence-corrected chi connectivity index (χ1v) is 13.1. The second kappa shape index (κ2) is 11.0. The molecule has 2 aromatic carbocycles. The summed E-state index contributed by atoms with van der Waals surface area (Å²) < 4.78 is 0. The molecule has 0 radical (unpaired) electrons. The Morgan fingerprint density at radius 3 is 2.26 bits per heavy atom. The highest BCUT2D eigenvalue weighted by atomic mass is 15.2. The van der Waals surface area contributed by atoms with E-state index >= 15 is 0 Å². The molecule has 0 aromatic heterocycles. The van der Waals surface area contributed by atoms with Crippen LogP contribution in [0.2, 0.25) is 0 Å². The van der Waals surface area contributed by atoms with Crippen LogP contribution in [-0.4, -0.2) is 29.4 Å². The van der Waals surface area contributed by atoms with Gasteiger partial charge in [-0.05, 0) is 99.6 Å². The molecule has 0 bridgehead atoms. The normalized spacial score (nSPS) is 17.7. The Balaban J connectivity index is 1.55. The van der Waals surface area contributed by atoms with Crippen LogP contribution >= 0.6 is 0 Å². The second-order valence-corrected chi connectivity index (χ2v) is 10.2. The quantitative estimate of drug-likeness (QED) is 0.312. The lowest BCUT2D eigenvalue weighted by Gasteiger charge is -2.36. The minimum atomic E-state index is 0.540. The van der Waals surface area contributed by atoms with Gasteiger partial charge in [0, 0.05) is 35.6 Å². The number of likely N-dealkylation sites (tertiary alicyclic amines) is 1. The fourth-order valence-corrected chi connectivity index (χ4v) is 5.18. The van der Waals surface area contributed by atoms with Gasteiger partial charge in [0.05, 0.1) is 17.3 Å². The highest BCUT2D eigenvalue weighted by Gasteiger charge is 2.26. The van der Waals surface area contributed by atoms with Crippen LogP contribution in [0.3, 0.4) is 0 Å². The molecule has 0 spiro atoms. The lowest BCUT2D eigenvalue weighted by Crippen LogP contribution is -2.31. The number of benzene rings is 2. The first kappa shape index (κ1) is 24.9. The van der Waals surface area contributed by atoms with Crippen molar-refractivity contribution in [3.05, 3.63) is 76.4 Å². The molecule has 2 aromatic rings. The van der Waals surface area contributed by atoms with Crippen LogP contribution in [0.15, 0.2) is 53.2 Å². The fraction of sp³-hybridized carbons (Fsp3) is 0.452. The van der Waals surface area contributed by atoms with E-state index < -0.39 is 0 Å². The van der Waals surface area contributed by atoms with E-state index in [0.717, 1.165) is 55.0 Å². The number of rotatable bonds is 7. The Bertz CT molecular complexity index is 1170. The molecular weight excluding hydrogens is 428 g/mol. The van der Waals surface area contributed by atoms with Crippen LogP contribution in [0.1, 0.15) is 105 Å². The maximum absolute atomic E-state index is 9.07. The monoisotopic (exact) mass is 466 g/mol. The average molecular weight is 467 g/mol. The molecular formula is C31H38N4. The van der Waals surface area contributed by atoms with E-state index in [1.165, 1.54) is 47.1 Å². The lowest BCUT2D eigenvalue weighted by atomic mass is 9.76. The van der Waals surface area contributed by atoms with Crippen LogP contribution in [-0.2, 0) is 0 Å². The number of nitriles is 1. The number of aryl methyl sites for hydroxylation is 1. The van der Waals surface area contributed by atoms with Gasteiger partial charge in [-0.3, -0.25) is 0 Å². The van der Waals surface area contributed by atoms with Crippen molar-refractivity contribution in [3.63, 3.8) is 0 Å². The highest BCUT2D eigenvalue weighted by Crippen LogP contribution is 2.40. The summed E-state index contributed by atoms with van der Waals surface area (Å²) in [7, 11) is 0. The molecule has 0 unspecified atom stereocenters. The van der Waals surface area contributed by atoms with Crippen LogP contribution < -0.4 is 0 Å². The largest absolute Gasteiger partial charge is 0.371 e. The van der Waals surface area contributed by atoms with Crippen LogP contribution in [0.4, 0.5) is 0 Å². The number of hydrogen-bond acceptors (Lipinski definition) is 4. The Hall–Kier alpha value is -3.19. The molecule has 35 heavy (non-hydrogen) atoms. The van der Waals surface area contributed by atoms with E-state index in [0.29, 0.717) is 11.8 Å². The average Bonchev–Trinajstić information content (AvgIpc) is 2.86. The zero-order chi connectivity index (χ0) is 24.9. The molecule has 2 fully saturated rings. The van der Waals surface area contributed by atoms with Gasteiger partial charge < -0.3 is 4.90 Å². The Kier molecular flexibility index (Phi) is 7.86. The van der Waals surface area contributed by atoms with Crippen molar-refractivity contribution in [2.24, 2.45) is 10.2 Å². The zero-order valence-corrected chi connectivity index (χ0v) is 21.8. The fourth-order valence-electron chi connectivity index (χ4n) is 5.18. The summed E-state index contributed by atoms with van der Waals surface area (Å²) in [6.45, 7) is 15.0. The maximum atomic E-state index is 9.07. The minimum Gasteiger partial charge on any atom is -0.371 e. The molecule has 1 saturated carbocycles. The van der Waals surface area contributed by atoms with Gasteiger partial charge in [-0.2, -0.15) is 15.5 Å². The smallest absolute Gasteiger partial charge is 0.0991 e. The van der Waals surface area contributed by atoms with E-state index in [-0.39, 0.29) is 0 Å². The topological polar surface area (TPSA) is 51.8 Å². The maximum Gasteiger partial charge on any atom is 0.0991 e. The van der Waals surface area contributed by atoms with Crippen molar-refractivity contribution in [2.45, 2.75) is 78.1 Å². The first-order chi connectivity index (χ1) is 16.9. The van der Waals surface area contributed by atoms with Crippen molar-refractivity contribution in [3.8, 4) is 6.07 Å². The molecule has 0 atom stereocenters. The molecule has 4 rings (SSSR count). The number of nitrogens with zero attached hydrogens (tertiary/aromatic N) is 4. The molecule has 2 aliphatic rings. The highest BCUT2D eigenvalue weighted by molar-refractivity contribution is 6.01. The Labute approximate surface area is 211 Å². The van der Waals surface area contributed by atoms with Gasteiger partial charge in [-0.15, -0.1) is 0 Å². The van der Waals surface area contributed by atoms with Gasteiger partial charge in [0.15, 0.2) is 0 Å². The summed E-state index contributed by atoms with van der Waals surface area (Å²) in [6.07, 6.45) is 6.96. The predicted molar refractivity (Wildman–Crippen MR) is 147 cm³/mol. The van der Waals surface area contributed by atoms with Crippen molar-refractivity contribution in [2.75, 3.05) is 13.1 Å². The molecule has 1 saturated heterocycles. The summed E-state index contributed by atoms with van der Waals surface area (Å²) in [4.78, 5) is 2.45. The van der Waals surface area contributed by atoms with Crippen molar-refractivity contribution < 1.29 is 0 Å². The van der Waals surface area contributed by atoms with E-state index in [1.807, 2.05) is 19.1 Å². The number of piperidine rings is 1. The third-order valence-electron chi connectivity index (χ3n) is 7.91. The molecule has 0 amide bonds. The molecule has 0 N–H and O–H groups in total. The molecule has 182 valence electrons. The summed E-state index contributed by atoms with van der Waals surface area (Å²) in [5.74, 6) is 1.18. The van der Waals surface area contributed by atoms with Crippen LogP contribution in [0, 0.1) is 18.3 Å². The molecule has 1 aliphatic heterocycles. The van der Waals surface area contributed by atoms with Gasteiger partial charge in [0.25, 0.3) is 0 Å². The molecule has 1 heterocycles. The third-order valence-corrected chi connectivity index (χ3v) is 7.91. The molecule has 1 aliphatic carbocycles. The predicted octanol–water partition coefficient (Wildman–Crippen LogP) is 7.58. The third kappa shape index (κ3) is 5.56. The van der Waals surface area contributed by atoms with E-state index in [1.54, 1.807) is 0 Å². The van der Waals surface area contributed by atoms with Crippen molar-refractivity contribution in [1.82, 2.24) is 4.90 Å². The van der Waals surface area contributed by atoms with Crippen LogP contribution in [0.25, 0.3) is 5.70 Å². The second-order valence-electron chi connectivity index (χ2n) is 10.2. The van der Waals surface area contributed by atoms with Crippen molar-refractivity contribution >= 4 is 17.1 Å². The van der Waals surface area contributed by atoms with Gasteiger partial charge in [-0.1, -0.05) is 38.1 Å². The standard InChI is InChI=1S/C31H38N4/c1-6-22(3)33-34-23(4)30-19-29(21(2)18-31(30)28-8-7-9-28)24(5)35-16-14-27(15-17-35)26-12-10-25(20-32)11-13-26/h10-13,18-19,27-28H,5-9,14-17H2,1-4H3/b33-22+,34-23+. The van der Waals surface area contributed by atoms with Gasteiger partial charge in [-0.25, -0.2) is 0 Å². The SMILES string of the molecule is C=C(c1cc(/C(C)=N/N=C(\C)CC)c(C2CCC2)cc1C)N1CCC(c2ccc(C#N)cc2)CC1. The zero-order valence-electron chi connectivity index (χ0n) is 21.8. The summed E-state index contributed by atoms with van der Waals surface area (Å²) in [5.41, 5.74) is 10.4. The van der Waals surface area contributed by atoms with Crippen molar-refractivity contribution in [1.29, 1.82) is 5.26 Å². The lowest BCUT2D eigenvalue weighted by molar-refractivity contribution is 0.299. The minimum absolute atomic E-state index is 0.540. The summed E-state index contributed by atoms with van der Waals surface area (Å²) >= 11 is 0. The van der Waals surface area contributed by atoms with Gasteiger partial charge in [0.1, 0.15) is 0 Å². The molecule has 4 heteroatoms.